The van der Waals surface area contributed by atoms with Crippen LogP contribution in [0.4, 0.5) is 11.4 Å². The molecule has 0 fully saturated rings. The van der Waals surface area contributed by atoms with Crippen LogP contribution in [0.2, 0.25) is 0 Å². The lowest BCUT2D eigenvalue weighted by Crippen LogP contribution is -2.41. The molecule has 1 aromatic heterocycles. The average Bonchev–Trinajstić information content (AvgIpc) is 3.27. The Morgan fingerprint density at radius 2 is 1.63 bits per heavy atom. The van der Waals surface area contributed by atoms with E-state index in [-0.39, 0.29) is 27.6 Å². The second kappa shape index (κ2) is 8.45. The summed E-state index contributed by atoms with van der Waals surface area (Å²) in [6, 6.07) is 12.9. The zero-order valence-electron chi connectivity index (χ0n) is 15.1. The predicted octanol–water partition coefficient (Wildman–Crippen LogP) is 2.06. The summed E-state index contributed by atoms with van der Waals surface area (Å²) in [7, 11) is -4.07. The van der Waals surface area contributed by atoms with E-state index in [4.69, 9.17) is 4.42 Å². The van der Waals surface area contributed by atoms with Crippen LogP contribution in [0.15, 0.2) is 76.2 Å². The molecule has 0 saturated carbocycles. The molecule has 30 heavy (non-hydrogen) atoms. The van der Waals surface area contributed by atoms with Gasteiger partial charge in [0.15, 0.2) is 5.76 Å². The highest BCUT2D eigenvalue weighted by atomic mass is 32.2. The lowest BCUT2D eigenvalue weighted by atomic mass is 10.2. The van der Waals surface area contributed by atoms with Crippen LogP contribution in [-0.4, -0.2) is 25.2 Å². The van der Waals surface area contributed by atoms with Crippen molar-refractivity contribution in [2.24, 2.45) is 0 Å². The van der Waals surface area contributed by atoms with E-state index in [2.05, 4.69) is 15.6 Å². The Kier molecular flexibility index (Phi) is 5.78. The van der Waals surface area contributed by atoms with Crippen LogP contribution in [0.5, 0.6) is 0 Å². The monoisotopic (exact) mass is 430 g/mol. The molecule has 0 aliphatic carbocycles. The third kappa shape index (κ3) is 4.80. The van der Waals surface area contributed by atoms with Crippen molar-refractivity contribution in [1.29, 1.82) is 0 Å². The maximum absolute atomic E-state index is 12.4. The molecule has 0 radical (unpaired) electrons. The Bertz CT molecular complexity index is 1190. The first-order valence-electron chi connectivity index (χ1n) is 8.28. The van der Waals surface area contributed by atoms with E-state index in [9.17, 15) is 28.1 Å². The van der Waals surface area contributed by atoms with Crippen LogP contribution >= 0.6 is 0 Å². The maximum atomic E-state index is 12.4. The fourth-order valence-electron chi connectivity index (χ4n) is 2.32. The SMILES string of the molecule is O=C(NNC(=O)c1ccco1)c1ccc(NS(=O)(=O)c2cccc([N+](=O)[O-])c2)cc1. The predicted molar refractivity (Wildman–Crippen MR) is 104 cm³/mol. The molecular weight excluding hydrogens is 416 g/mol. The Morgan fingerprint density at radius 1 is 0.933 bits per heavy atom. The Morgan fingerprint density at radius 3 is 2.27 bits per heavy atom. The Labute approximate surface area is 169 Å². The molecule has 3 N–H and O–H groups in total. The zero-order chi connectivity index (χ0) is 21.7. The molecule has 0 bridgehead atoms. The quantitative estimate of drug-likeness (QED) is 0.398. The van der Waals surface area contributed by atoms with Crippen molar-refractivity contribution in [3.63, 3.8) is 0 Å². The minimum atomic E-state index is -4.07. The molecule has 0 spiro atoms. The highest BCUT2D eigenvalue weighted by molar-refractivity contribution is 7.92. The van der Waals surface area contributed by atoms with E-state index >= 15 is 0 Å². The molecule has 12 heteroatoms. The molecule has 3 rings (SSSR count). The van der Waals surface area contributed by atoms with Gasteiger partial charge in [0, 0.05) is 23.4 Å². The fraction of sp³-hybridized carbons (Fsp3) is 0. The summed E-state index contributed by atoms with van der Waals surface area (Å²) < 4.78 is 32.0. The van der Waals surface area contributed by atoms with Crippen molar-refractivity contribution < 1.29 is 27.3 Å². The number of furan rings is 1. The van der Waals surface area contributed by atoms with E-state index in [1.807, 2.05) is 0 Å². The molecule has 2 amide bonds. The van der Waals surface area contributed by atoms with E-state index < -0.39 is 26.8 Å². The normalized spacial score (nSPS) is 10.8. The fourth-order valence-corrected chi connectivity index (χ4v) is 3.42. The number of benzene rings is 2. The summed E-state index contributed by atoms with van der Waals surface area (Å²) in [6.07, 6.45) is 1.31. The largest absolute Gasteiger partial charge is 0.459 e. The molecule has 154 valence electrons. The average molecular weight is 430 g/mol. The second-order valence-corrected chi connectivity index (χ2v) is 7.51. The van der Waals surface area contributed by atoms with Crippen LogP contribution in [0.3, 0.4) is 0 Å². The number of nitro benzene ring substituents is 1. The number of rotatable bonds is 6. The number of carbonyl (C=O) groups excluding carboxylic acids is 2. The van der Waals surface area contributed by atoms with Crippen LogP contribution in [-0.2, 0) is 10.0 Å². The summed E-state index contributed by atoms with van der Waals surface area (Å²) in [5, 5.41) is 10.8. The van der Waals surface area contributed by atoms with Crippen LogP contribution in [0.1, 0.15) is 20.9 Å². The third-order valence-corrected chi connectivity index (χ3v) is 5.15. The summed E-state index contributed by atoms with van der Waals surface area (Å²) >= 11 is 0. The van der Waals surface area contributed by atoms with Gasteiger partial charge in [0.05, 0.1) is 16.1 Å². The number of amides is 2. The summed E-state index contributed by atoms with van der Waals surface area (Å²) in [5.41, 5.74) is 4.29. The molecule has 0 aliphatic rings. The number of nitrogens with zero attached hydrogens (tertiary/aromatic N) is 1. The second-order valence-electron chi connectivity index (χ2n) is 5.82. The van der Waals surface area contributed by atoms with Gasteiger partial charge in [0.1, 0.15) is 0 Å². The van der Waals surface area contributed by atoms with Crippen LogP contribution < -0.4 is 15.6 Å². The molecule has 0 atom stereocenters. The number of carbonyl (C=O) groups is 2. The Hall–Kier alpha value is -4.19. The van der Waals surface area contributed by atoms with Gasteiger partial charge < -0.3 is 4.42 Å². The van der Waals surface area contributed by atoms with Crippen molar-refractivity contribution in [2.75, 3.05) is 4.72 Å². The van der Waals surface area contributed by atoms with Gasteiger partial charge in [-0.2, -0.15) is 0 Å². The minimum Gasteiger partial charge on any atom is -0.459 e. The standard InChI is InChI=1S/C18H14N4O7S/c23-17(19-20-18(24)16-5-2-10-29-16)12-6-8-13(9-7-12)21-30(27,28)15-4-1-3-14(11-15)22(25)26/h1-11,21H,(H,19,23)(H,20,24). The van der Waals surface area contributed by atoms with E-state index in [0.29, 0.717) is 0 Å². The number of hydrogen-bond acceptors (Lipinski definition) is 7. The number of nitro groups is 1. The van der Waals surface area contributed by atoms with Gasteiger partial charge in [0.25, 0.3) is 21.6 Å². The van der Waals surface area contributed by atoms with E-state index in [1.54, 1.807) is 0 Å². The highest BCUT2D eigenvalue weighted by Gasteiger charge is 2.18. The molecule has 3 aromatic rings. The molecule has 2 aromatic carbocycles. The minimum absolute atomic E-state index is 0.0150. The Balaban J connectivity index is 1.65. The zero-order valence-corrected chi connectivity index (χ0v) is 15.9. The van der Waals surface area contributed by atoms with Crippen LogP contribution in [0.25, 0.3) is 0 Å². The molecule has 0 aliphatic heterocycles. The highest BCUT2D eigenvalue weighted by Crippen LogP contribution is 2.20. The number of hydrogen-bond donors (Lipinski definition) is 3. The summed E-state index contributed by atoms with van der Waals surface area (Å²) in [6.45, 7) is 0. The number of hydrazine groups is 1. The molecule has 0 saturated heterocycles. The van der Waals surface area contributed by atoms with Gasteiger partial charge >= 0.3 is 5.91 Å². The molecule has 11 nitrogen and oxygen atoms in total. The van der Waals surface area contributed by atoms with Crippen molar-refractivity contribution in [3.05, 3.63) is 88.4 Å². The van der Waals surface area contributed by atoms with Gasteiger partial charge in [-0.25, -0.2) is 8.42 Å². The molecule has 1 heterocycles. The maximum Gasteiger partial charge on any atom is 0.305 e. The van der Waals surface area contributed by atoms with Crippen molar-refractivity contribution in [3.8, 4) is 0 Å². The topological polar surface area (TPSA) is 161 Å². The number of sulfonamides is 1. The molecule has 0 unspecified atom stereocenters. The van der Waals surface area contributed by atoms with Crippen molar-refractivity contribution in [2.45, 2.75) is 4.90 Å². The number of nitrogens with one attached hydrogen (secondary N) is 3. The smallest absolute Gasteiger partial charge is 0.305 e. The lowest BCUT2D eigenvalue weighted by Gasteiger charge is -2.09. The van der Waals surface area contributed by atoms with Gasteiger partial charge in [-0.05, 0) is 42.5 Å². The first-order valence-corrected chi connectivity index (χ1v) is 9.76. The van der Waals surface area contributed by atoms with Gasteiger partial charge in [-0.1, -0.05) is 6.07 Å². The van der Waals surface area contributed by atoms with E-state index in [0.717, 1.165) is 6.07 Å². The first-order chi connectivity index (χ1) is 14.3. The van der Waals surface area contributed by atoms with Crippen molar-refractivity contribution in [1.82, 2.24) is 10.9 Å². The number of non-ortho nitro benzene ring substituents is 1. The number of anilines is 1. The third-order valence-electron chi connectivity index (χ3n) is 3.77. The van der Waals surface area contributed by atoms with Crippen molar-refractivity contribution >= 4 is 33.2 Å². The van der Waals surface area contributed by atoms with Gasteiger partial charge in [-0.15, -0.1) is 0 Å². The summed E-state index contributed by atoms with van der Waals surface area (Å²) in [5.74, 6) is -1.26. The van der Waals surface area contributed by atoms with E-state index in [1.165, 1.54) is 60.9 Å². The lowest BCUT2D eigenvalue weighted by molar-refractivity contribution is -0.385. The molecular formula is C18H14N4O7S. The van der Waals surface area contributed by atoms with Gasteiger partial charge in [0.2, 0.25) is 0 Å². The first kappa shape index (κ1) is 20.5. The van der Waals surface area contributed by atoms with Crippen LogP contribution in [0, 0.1) is 10.1 Å². The summed E-state index contributed by atoms with van der Waals surface area (Å²) in [4.78, 5) is 33.6. The van der Waals surface area contributed by atoms with Gasteiger partial charge in [-0.3, -0.25) is 35.3 Å².